The highest BCUT2D eigenvalue weighted by Gasteiger charge is 2.44. The van der Waals surface area contributed by atoms with Crippen molar-refractivity contribution >= 4 is 33.6 Å². The number of hydrogen-bond acceptors (Lipinski definition) is 11. The molecule has 0 saturated carbocycles. The Kier molecular flexibility index (Phi) is 7.00. The molecule has 0 aromatic carbocycles. The first-order chi connectivity index (χ1) is 12.6. The van der Waals surface area contributed by atoms with Gasteiger partial charge in [0.25, 0.3) is 5.56 Å². The Balaban J connectivity index is 0.000000321. The number of hydrogen-bond donors (Lipinski definition) is 7. The third kappa shape index (κ3) is 4.87. The highest BCUT2D eigenvalue weighted by atomic mass is 31.2. The second-order valence-electron chi connectivity index (χ2n) is 5.06. The lowest BCUT2D eigenvalue weighted by Gasteiger charge is -2.16. The van der Waals surface area contributed by atoms with E-state index in [-0.39, 0.29) is 17.1 Å². The van der Waals surface area contributed by atoms with Gasteiger partial charge in [0.15, 0.2) is 21.7 Å². The highest BCUT2D eigenvalue weighted by Crippen LogP contribution is 2.31. The zero-order valence-electron chi connectivity index (χ0n) is 13.2. The number of rotatable bonds is 4. The number of H-pyrrole nitrogens is 1. The van der Waals surface area contributed by atoms with Crippen LogP contribution < -0.4 is 11.3 Å². The normalized spacial score (nSPS) is 25.8. The van der Waals surface area contributed by atoms with Crippen molar-refractivity contribution in [2.45, 2.75) is 24.5 Å². The van der Waals surface area contributed by atoms with E-state index in [4.69, 9.17) is 25.4 Å². The van der Waals surface area contributed by atoms with Crippen molar-refractivity contribution in [3.63, 3.8) is 0 Å². The van der Waals surface area contributed by atoms with Crippen molar-refractivity contribution in [3.8, 4) is 0 Å². The summed E-state index contributed by atoms with van der Waals surface area (Å²) in [6.07, 6.45) is -3.21. The Hall–Kier alpha value is -1.93. The lowest BCUT2D eigenvalue weighted by Crippen LogP contribution is -2.33. The van der Waals surface area contributed by atoms with Crippen LogP contribution in [0.2, 0.25) is 0 Å². The number of anilines is 1. The van der Waals surface area contributed by atoms with Crippen LogP contribution in [0, 0.1) is 0 Å². The van der Waals surface area contributed by atoms with Crippen LogP contribution in [0.4, 0.5) is 5.95 Å². The molecule has 15 nitrogen and oxygen atoms in total. The number of imidazole rings is 1. The predicted molar refractivity (Wildman–Crippen MR) is 86.3 cm³/mol. The highest BCUT2D eigenvalue weighted by molar-refractivity contribution is 7.46. The fraction of sp³-hybridized carbons (Fsp3) is 0.500. The van der Waals surface area contributed by atoms with Gasteiger partial charge < -0.3 is 25.8 Å². The molecule has 27 heavy (non-hydrogen) atoms. The lowest BCUT2D eigenvalue weighted by molar-refractivity contribution is -0.0511. The minimum atomic E-state index is -2.92. The number of aliphatic hydroxyl groups is 3. The molecule has 1 saturated heterocycles. The maximum absolute atomic E-state index is 11.7. The summed E-state index contributed by atoms with van der Waals surface area (Å²) in [6.45, 7) is -0.447. The molecule has 8 N–H and O–H groups in total. The third-order valence-electron chi connectivity index (χ3n) is 3.38. The molecular weight excluding hydrogens is 412 g/mol. The summed E-state index contributed by atoms with van der Waals surface area (Å²) in [7, 11) is -5.85. The molecule has 2 aromatic rings. The number of nitrogen functional groups attached to an aromatic ring is 1. The smallest absolute Gasteiger partial charge is 0.394 e. The van der Waals surface area contributed by atoms with Gasteiger partial charge in [0.1, 0.15) is 18.3 Å². The van der Waals surface area contributed by atoms with Crippen LogP contribution >= 0.6 is 16.5 Å². The molecule has 17 heteroatoms. The van der Waals surface area contributed by atoms with Gasteiger partial charge in [-0.15, -0.1) is 9.79 Å². The minimum Gasteiger partial charge on any atom is -0.394 e. The molecule has 2 unspecified atom stereocenters. The molecular formula is C10H15N5O10P2+2. The Labute approximate surface area is 150 Å². The number of nitrogens with zero attached hydrogens (tertiary/aromatic N) is 3. The van der Waals surface area contributed by atoms with Crippen molar-refractivity contribution in [1.29, 1.82) is 0 Å². The van der Waals surface area contributed by atoms with E-state index in [1.807, 2.05) is 0 Å². The van der Waals surface area contributed by atoms with Crippen LogP contribution in [0.25, 0.3) is 11.2 Å². The number of aromatic amines is 1. The van der Waals surface area contributed by atoms with Crippen molar-refractivity contribution in [2.24, 2.45) is 0 Å². The second-order valence-corrected chi connectivity index (χ2v) is 6.67. The van der Waals surface area contributed by atoms with E-state index >= 15 is 0 Å². The Bertz CT molecular complexity index is 890. The van der Waals surface area contributed by atoms with Crippen molar-refractivity contribution in [3.05, 3.63) is 16.7 Å². The molecule has 0 spiro atoms. The van der Waals surface area contributed by atoms with Crippen molar-refractivity contribution in [1.82, 2.24) is 19.5 Å². The largest absolute Gasteiger partial charge is 0.745 e. The third-order valence-corrected chi connectivity index (χ3v) is 4.50. The number of ether oxygens (including phenoxy) is 1. The van der Waals surface area contributed by atoms with E-state index in [1.54, 1.807) is 0 Å². The van der Waals surface area contributed by atoms with Crippen LogP contribution in [-0.4, -0.2) is 69.5 Å². The summed E-state index contributed by atoms with van der Waals surface area (Å²) in [5.74, 6) is -0.101. The number of fused-ring (bicyclic) bond motifs is 1. The summed E-state index contributed by atoms with van der Waals surface area (Å²) in [4.78, 5) is 37.1. The summed E-state index contributed by atoms with van der Waals surface area (Å²) in [6, 6.07) is 0. The van der Waals surface area contributed by atoms with E-state index in [9.17, 15) is 24.1 Å². The maximum atomic E-state index is 11.7. The summed E-state index contributed by atoms with van der Waals surface area (Å²) in [5, 5.41) is 28.7. The molecule has 0 aliphatic carbocycles. The molecule has 2 aromatic heterocycles. The van der Waals surface area contributed by atoms with Gasteiger partial charge in [-0.25, -0.2) is 4.98 Å². The van der Waals surface area contributed by atoms with Crippen LogP contribution in [0.5, 0.6) is 0 Å². The number of aromatic nitrogens is 4. The zero-order chi connectivity index (χ0) is 20.3. The lowest BCUT2D eigenvalue weighted by atomic mass is 10.1. The van der Waals surface area contributed by atoms with E-state index in [1.165, 1.54) is 10.9 Å². The minimum absolute atomic E-state index is 0.0388. The Morgan fingerprint density at radius 3 is 2.41 bits per heavy atom. The second kappa shape index (κ2) is 8.84. The van der Waals surface area contributed by atoms with Crippen molar-refractivity contribution in [2.75, 3.05) is 12.3 Å². The first-order valence-electron chi connectivity index (χ1n) is 7.00. The quantitative estimate of drug-likeness (QED) is 0.252. The van der Waals surface area contributed by atoms with Crippen LogP contribution in [0.15, 0.2) is 11.1 Å². The van der Waals surface area contributed by atoms with E-state index in [0.717, 1.165) is 0 Å². The van der Waals surface area contributed by atoms with Crippen LogP contribution in [0.3, 0.4) is 0 Å². The van der Waals surface area contributed by atoms with Gasteiger partial charge in [0.05, 0.1) is 12.9 Å². The van der Waals surface area contributed by atoms with Gasteiger partial charge in [-0.1, -0.05) is 0 Å². The van der Waals surface area contributed by atoms with Crippen LogP contribution in [-0.2, 0) is 18.2 Å². The average Bonchev–Trinajstić information content (AvgIpc) is 3.09. The van der Waals surface area contributed by atoms with Gasteiger partial charge in [-0.3, -0.25) is 14.3 Å². The average molecular weight is 427 g/mol. The number of nitrogens with one attached hydrogen (secondary N) is 1. The predicted octanol–water partition coefficient (Wildman–Crippen LogP) is -2.38. The molecule has 3 rings (SSSR count). The number of aliphatic hydroxyl groups excluding tert-OH is 3. The molecule has 148 valence electrons. The maximum Gasteiger partial charge on any atom is 0.745 e. The summed E-state index contributed by atoms with van der Waals surface area (Å²) < 4.78 is 28.8. The fourth-order valence-corrected chi connectivity index (χ4v) is 2.78. The summed E-state index contributed by atoms with van der Waals surface area (Å²) in [5.41, 5.74) is 5.12. The monoisotopic (exact) mass is 427 g/mol. The Morgan fingerprint density at radius 1 is 1.30 bits per heavy atom. The molecule has 1 aliphatic heterocycles. The van der Waals surface area contributed by atoms with E-state index < -0.39 is 53.2 Å². The van der Waals surface area contributed by atoms with Crippen molar-refractivity contribution < 1.29 is 43.3 Å². The fourth-order valence-electron chi connectivity index (χ4n) is 2.30. The first kappa shape index (κ1) is 21.4. The van der Waals surface area contributed by atoms with Gasteiger partial charge in [0.2, 0.25) is 5.95 Å². The molecule has 1 aliphatic rings. The SMILES string of the molecule is Nc1nc2c(ncn2[C@@H]2O[C@H](CO)[C@@H](O)[C@H]2O)c(=O)[nH]1.O=[P+](O)O[P+](=O)O. The molecule has 0 bridgehead atoms. The van der Waals surface area contributed by atoms with Gasteiger partial charge >= 0.3 is 16.5 Å². The van der Waals surface area contributed by atoms with Gasteiger partial charge in [-0.2, -0.15) is 4.98 Å². The number of nitrogens with two attached hydrogens (primary N) is 1. The van der Waals surface area contributed by atoms with Gasteiger partial charge in [-0.05, 0) is 0 Å². The molecule has 1 fully saturated rings. The summed E-state index contributed by atoms with van der Waals surface area (Å²) >= 11 is 0. The van der Waals surface area contributed by atoms with E-state index in [0.29, 0.717) is 0 Å². The standard InChI is InChI=1S/C10H13N5O5.O5P2/c11-10-13-7-4(8(19)14-10)12-2-15(7)9-6(18)5(17)3(1-16)20-9;1-6(2)5-7(3)4/h2-3,5-6,9,16-18H,1H2,(H3,11,13,14,19);/p+2/t3-,5-,6-,9-;/m1./s1. The van der Waals surface area contributed by atoms with Crippen LogP contribution in [0.1, 0.15) is 6.23 Å². The van der Waals surface area contributed by atoms with Gasteiger partial charge in [0, 0.05) is 9.13 Å². The zero-order valence-corrected chi connectivity index (χ0v) is 15.0. The topological polar surface area (TPSA) is 243 Å². The molecule has 0 amide bonds. The molecule has 0 radical (unpaired) electrons. The van der Waals surface area contributed by atoms with E-state index in [2.05, 4.69) is 19.3 Å². The Morgan fingerprint density at radius 2 is 1.93 bits per heavy atom. The first-order valence-corrected chi connectivity index (χ1v) is 9.26. The molecule has 6 atom stereocenters. The molecule has 3 heterocycles.